The first-order chi connectivity index (χ1) is 9.45. The van der Waals surface area contributed by atoms with Crippen molar-refractivity contribution in [3.05, 3.63) is 98.4 Å². The van der Waals surface area contributed by atoms with E-state index in [0.29, 0.717) is 0 Å². The van der Waals surface area contributed by atoms with E-state index in [1.807, 2.05) is 0 Å². The summed E-state index contributed by atoms with van der Waals surface area (Å²) in [5, 5.41) is 0. The summed E-state index contributed by atoms with van der Waals surface area (Å²) in [4.78, 5) is 4.08. The maximum absolute atomic E-state index is 2.21. The highest BCUT2D eigenvalue weighted by molar-refractivity contribution is 7.97. The molecule has 0 saturated heterocycles. The molecule has 0 saturated carbocycles. The average molecular weight is 278 g/mol. The normalized spacial score (nSPS) is 10.1. The van der Waals surface area contributed by atoms with Gasteiger partial charge in [0.15, 0.2) is 14.7 Å². The molecule has 3 rings (SSSR count). The van der Waals surface area contributed by atoms with E-state index in [1.165, 1.54) is 14.7 Å². The van der Waals surface area contributed by atoms with Gasteiger partial charge in [0.25, 0.3) is 0 Å². The van der Waals surface area contributed by atoms with Crippen LogP contribution >= 0.6 is 0 Å². The maximum Gasteiger partial charge on any atom is 0.166 e. The predicted molar refractivity (Wildman–Crippen MR) is 87.9 cm³/mol. The summed E-state index contributed by atoms with van der Waals surface area (Å²) in [5.41, 5.74) is 0. The largest absolute Gasteiger partial charge is 0.358 e. The molecule has 0 N–H and O–H groups in total. The van der Waals surface area contributed by atoms with Crippen molar-refractivity contribution in [2.75, 3.05) is 0 Å². The van der Waals surface area contributed by atoms with Crippen LogP contribution in [0.1, 0.15) is 0 Å². The Morgan fingerprint density at radius 3 is 0.900 bits per heavy atom. The van der Waals surface area contributed by atoms with Gasteiger partial charge in [0.2, 0.25) is 0 Å². The van der Waals surface area contributed by atoms with Crippen molar-refractivity contribution in [3.8, 4) is 0 Å². The highest BCUT2D eigenvalue weighted by Crippen LogP contribution is 2.30. The fourth-order valence-corrected chi connectivity index (χ4v) is 4.18. The Hall–Kier alpha value is -1.99. The summed E-state index contributed by atoms with van der Waals surface area (Å²) in [5.74, 6) is 0. The van der Waals surface area contributed by atoms with E-state index in [0.717, 1.165) is 0 Å². The fourth-order valence-electron chi connectivity index (χ4n) is 2.08. The molecule has 0 spiro atoms. The monoisotopic (exact) mass is 278 g/mol. The summed E-state index contributed by atoms with van der Waals surface area (Å²) in [6.07, 6.45) is 0. The highest BCUT2D eigenvalue weighted by atomic mass is 32.2. The standard InChI is InChI=1S/C18H15S.CH3/c1-4-10-16(11-5-1)19(17-12-6-2-7-13-17)18-14-8-3-9-15-18;/h1-15H;1H3/q+1;-1. The third-order valence-corrected chi connectivity index (χ3v) is 5.17. The summed E-state index contributed by atoms with van der Waals surface area (Å²) in [6.45, 7) is 0. The molecule has 0 aliphatic rings. The molecule has 0 nitrogen and oxygen atoms in total. The molecule has 0 atom stereocenters. The van der Waals surface area contributed by atoms with E-state index in [-0.39, 0.29) is 18.3 Å². The van der Waals surface area contributed by atoms with Gasteiger partial charge in [-0.2, -0.15) is 0 Å². The number of hydrogen-bond acceptors (Lipinski definition) is 0. The van der Waals surface area contributed by atoms with Crippen LogP contribution in [0.4, 0.5) is 0 Å². The quantitative estimate of drug-likeness (QED) is 0.454. The van der Waals surface area contributed by atoms with E-state index >= 15 is 0 Å². The van der Waals surface area contributed by atoms with Crippen LogP contribution in [-0.4, -0.2) is 0 Å². The Morgan fingerprint density at radius 1 is 0.400 bits per heavy atom. The van der Waals surface area contributed by atoms with Crippen LogP contribution in [0.5, 0.6) is 0 Å². The minimum absolute atomic E-state index is 0. The molecular weight excluding hydrogens is 260 g/mol. The van der Waals surface area contributed by atoms with Crippen molar-refractivity contribution < 1.29 is 0 Å². The Kier molecular flexibility index (Phi) is 5.03. The lowest BCUT2D eigenvalue weighted by Gasteiger charge is -2.07. The van der Waals surface area contributed by atoms with E-state index in [2.05, 4.69) is 91.0 Å². The Bertz CT molecular complexity index is 524. The highest BCUT2D eigenvalue weighted by Gasteiger charge is 2.27. The minimum Gasteiger partial charge on any atom is -0.358 e. The van der Waals surface area contributed by atoms with Gasteiger partial charge >= 0.3 is 0 Å². The zero-order valence-electron chi connectivity index (χ0n) is 11.6. The van der Waals surface area contributed by atoms with Crippen LogP contribution in [0.3, 0.4) is 0 Å². The molecule has 0 fully saturated rings. The van der Waals surface area contributed by atoms with Crippen LogP contribution in [0.15, 0.2) is 106 Å². The second-order valence-electron chi connectivity index (χ2n) is 4.25. The molecule has 0 aliphatic heterocycles. The maximum atomic E-state index is 2.21. The smallest absolute Gasteiger partial charge is 0.166 e. The number of benzene rings is 3. The Labute approximate surface area is 124 Å². The summed E-state index contributed by atoms with van der Waals surface area (Å²) in [7, 11) is -0.0146. The Morgan fingerprint density at radius 2 is 0.650 bits per heavy atom. The van der Waals surface area contributed by atoms with Crippen LogP contribution < -0.4 is 0 Å². The fraction of sp³-hybridized carbons (Fsp3) is 0. The second kappa shape index (κ2) is 6.97. The van der Waals surface area contributed by atoms with Gasteiger partial charge in [-0.25, -0.2) is 0 Å². The van der Waals surface area contributed by atoms with Gasteiger partial charge in [0.1, 0.15) is 0 Å². The number of hydrogen-bond donors (Lipinski definition) is 0. The lowest BCUT2D eigenvalue weighted by molar-refractivity contribution is 1.32. The van der Waals surface area contributed by atoms with Crippen molar-refractivity contribution in [2.45, 2.75) is 14.7 Å². The molecule has 0 amide bonds. The first-order valence-corrected chi connectivity index (χ1v) is 7.57. The SMILES string of the molecule is [CH3-].c1ccc([S+](c2ccccc2)c2ccccc2)cc1. The zero-order chi connectivity index (χ0) is 12.9. The molecule has 0 unspecified atom stereocenters. The minimum atomic E-state index is -0.0146. The van der Waals surface area contributed by atoms with Gasteiger partial charge in [0.05, 0.1) is 10.9 Å². The topological polar surface area (TPSA) is 0 Å². The van der Waals surface area contributed by atoms with Crippen molar-refractivity contribution in [1.82, 2.24) is 0 Å². The molecule has 3 aromatic rings. The van der Waals surface area contributed by atoms with Gasteiger partial charge in [-0.3, -0.25) is 0 Å². The van der Waals surface area contributed by atoms with E-state index in [4.69, 9.17) is 0 Å². The van der Waals surface area contributed by atoms with Crippen molar-refractivity contribution in [3.63, 3.8) is 0 Å². The molecule has 1 heteroatoms. The molecule has 0 radical (unpaired) electrons. The molecule has 0 heterocycles. The Balaban J connectivity index is 0.00000147. The first-order valence-electron chi connectivity index (χ1n) is 6.34. The van der Waals surface area contributed by atoms with Crippen molar-refractivity contribution in [2.24, 2.45) is 0 Å². The lowest BCUT2D eigenvalue weighted by atomic mass is 10.4. The molecule has 20 heavy (non-hydrogen) atoms. The van der Waals surface area contributed by atoms with Crippen LogP contribution in [0.2, 0.25) is 0 Å². The summed E-state index contributed by atoms with van der Waals surface area (Å²) in [6, 6.07) is 32.2. The lowest BCUT2D eigenvalue weighted by Crippen LogP contribution is -2.04. The van der Waals surface area contributed by atoms with E-state index in [1.54, 1.807) is 0 Å². The summed E-state index contributed by atoms with van der Waals surface area (Å²) < 4.78 is 0. The van der Waals surface area contributed by atoms with Gasteiger partial charge < -0.3 is 7.43 Å². The molecular formula is C19H18S. The number of rotatable bonds is 3. The second-order valence-corrected chi connectivity index (χ2v) is 6.27. The van der Waals surface area contributed by atoms with Gasteiger partial charge in [0, 0.05) is 0 Å². The average Bonchev–Trinajstić information content (AvgIpc) is 2.51. The predicted octanol–water partition coefficient (Wildman–Crippen LogP) is 5.23. The van der Waals surface area contributed by atoms with Crippen molar-refractivity contribution >= 4 is 10.9 Å². The molecule has 0 aromatic heterocycles. The first kappa shape index (κ1) is 14.4. The van der Waals surface area contributed by atoms with Gasteiger partial charge in [-0.05, 0) is 36.4 Å². The summed E-state index contributed by atoms with van der Waals surface area (Å²) >= 11 is 0. The van der Waals surface area contributed by atoms with Gasteiger partial charge in [-0.1, -0.05) is 54.6 Å². The van der Waals surface area contributed by atoms with E-state index < -0.39 is 0 Å². The van der Waals surface area contributed by atoms with Crippen molar-refractivity contribution in [1.29, 1.82) is 0 Å². The molecule has 0 aliphatic carbocycles. The van der Waals surface area contributed by atoms with Crippen LogP contribution in [0, 0.1) is 7.43 Å². The third-order valence-electron chi connectivity index (χ3n) is 2.94. The zero-order valence-corrected chi connectivity index (χ0v) is 12.4. The molecule has 100 valence electrons. The third kappa shape index (κ3) is 3.12. The van der Waals surface area contributed by atoms with Gasteiger partial charge in [-0.15, -0.1) is 0 Å². The van der Waals surface area contributed by atoms with E-state index in [9.17, 15) is 0 Å². The van der Waals surface area contributed by atoms with Crippen LogP contribution in [-0.2, 0) is 10.9 Å². The molecule has 0 bridgehead atoms. The molecule has 3 aromatic carbocycles. The van der Waals surface area contributed by atoms with Crippen LogP contribution in [0.25, 0.3) is 0 Å².